The number of aryl methyl sites for hydroxylation is 1. The van der Waals surface area contributed by atoms with Crippen molar-refractivity contribution >= 4 is 17.8 Å². The molecule has 0 saturated heterocycles. The maximum atomic E-state index is 12.8. The van der Waals surface area contributed by atoms with Crippen molar-refractivity contribution in [3.05, 3.63) is 77.0 Å². The highest BCUT2D eigenvalue weighted by Crippen LogP contribution is 2.54. The first-order valence-electron chi connectivity index (χ1n) is 12.5. The van der Waals surface area contributed by atoms with Crippen molar-refractivity contribution in [1.29, 1.82) is 0 Å². The van der Waals surface area contributed by atoms with Crippen LogP contribution < -0.4 is 25.4 Å². The smallest absolute Gasteiger partial charge is 0.315 e. The minimum Gasteiger partial charge on any atom is -0.487 e. The molecule has 3 heterocycles. The number of nitrogens with one attached hydrogen (secondary N) is 3. The summed E-state index contributed by atoms with van der Waals surface area (Å²) in [7, 11) is 0. The molecular weight excluding hydrogens is 456 g/mol. The molecule has 1 saturated carbocycles. The molecule has 36 heavy (non-hydrogen) atoms. The molecule has 1 unspecified atom stereocenters. The van der Waals surface area contributed by atoms with E-state index in [0.717, 1.165) is 36.1 Å². The topological polar surface area (TPSA) is 102 Å². The number of benzene rings is 2. The lowest BCUT2D eigenvalue weighted by atomic mass is 9.88. The highest BCUT2D eigenvalue weighted by molar-refractivity contribution is 5.93. The van der Waals surface area contributed by atoms with Gasteiger partial charge in [-0.15, -0.1) is 0 Å². The number of ether oxygens (including phenoxy) is 2. The number of pyridine rings is 1. The van der Waals surface area contributed by atoms with Crippen molar-refractivity contribution in [2.45, 2.75) is 56.2 Å². The average molecular weight is 483 g/mol. The molecule has 1 fully saturated rings. The fourth-order valence-corrected chi connectivity index (χ4v) is 5.81. The zero-order valence-corrected chi connectivity index (χ0v) is 19.6. The number of carbonyl (C=O) groups is 2. The van der Waals surface area contributed by atoms with Gasteiger partial charge in [-0.3, -0.25) is 4.79 Å². The van der Waals surface area contributed by atoms with E-state index < -0.39 is 0 Å². The number of rotatable bonds is 4. The Kier molecular flexibility index (Phi) is 4.87. The third-order valence-electron chi connectivity index (χ3n) is 7.63. The van der Waals surface area contributed by atoms with Crippen LogP contribution >= 0.6 is 0 Å². The number of carbonyl (C=O) groups excluding carboxylic acids is 2. The van der Waals surface area contributed by atoms with Gasteiger partial charge in [0, 0.05) is 23.7 Å². The molecule has 8 nitrogen and oxygen atoms in total. The third-order valence-corrected chi connectivity index (χ3v) is 7.63. The Balaban J connectivity index is 1.03. The van der Waals surface area contributed by atoms with Gasteiger partial charge in [0.2, 0.25) is 5.91 Å². The fourth-order valence-electron chi connectivity index (χ4n) is 5.81. The Morgan fingerprint density at radius 2 is 1.97 bits per heavy atom. The number of nitrogens with zero attached hydrogens (tertiary/aromatic N) is 1. The van der Waals surface area contributed by atoms with E-state index in [0.29, 0.717) is 30.2 Å². The summed E-state index contributed by atoms with van der Waals surface area (Å²) in [4.78, 5) is 28.8. The molecule has 0 spiro atoms. The molecule has 3 amide bonds. The van der Waals surface area contributed by atoms with Gasteiger partial charge < -0.3 is 25.4 Å². The zero-order valence-electron chi connectivity index (χ0n) is 19.6. The summed E-state index contributed by atoms with van der Waals surface area (Å²) in [6.07, 6.45) is 5.68. The molecule has 7 rings (SSSR count). The largest absolute Gasteiger partial charge is 0.487 e. The van der Waals surface area contributed by atoms with Crippen LogP contribution in [-0.4, -0.2) is 29.1 Å². The first kappa shape index (κ1) is 21.2. The predicted molar refractivity (Wildman–Crippen MR) is 132 cm³/mol. The van der Waals surface area contributed by atoms with Gasteiger partial charge in [0.15, 0.2) is 0 Å². The molecule has 8 heteroatoms. The predicted octanol–water partition coefficient (Wildman–Crippen LogP) is 4.36. The summed E-state index contributed by atoms with van der Waals surface area (Å²) >= 11 is 0. The van der Waals surface area contributed by atoms with E-state index in [4.69, 9.17) is 9.47 Å². The second-order valence-electron chi connectivity index (χ2n) is 9.88. The van der Waals surface area contributed by atoms with E-state index in [1.807, 2.05) is 30.3 Å². The fraction of sp³-hybridized carbons (Fsp3) is 0.321. The van der Waals surface area contributed by atoms with Gasteiger partial charge in [0.25, 0.3) is 0 Å². The quantitative estimate of drug-likeness (QED) is 0.513. The molecule has 3 aromatic rings. The van der Waals surface area contributed by atoms with Crippen LogP contribution in [0.3, 0.4) is 0 Å². The summed E-state index contributed by atoms with van der Waals surface area (Å²) in [6, 6.07) is 15.8. The molecule has 3 N–H and O–H groups in total. The highest BCUT2D eigenvalue weighted by atomic mass is 16.5. The van der Waals surface area contributed by atoms with E-state index in [1.165, 1.54) is 11.1 Å². The first-order chi connectivity index (χ1) is 17.6. The van der Waals surface area contributed by atoms with Crippen LogP contribution in [0.15, 0.2) is 54.7 Å². The van der Waals surface area contributed by atoms with Crippen LogP contribution in [0.25, 0.3) is 0 Å². The van der Waals surface area contributed by atoms with Gasteiger partial charge in [-0.2, -0.15) is 0 Å². The van der Waals surface area contributed by atoms with E-state index in [2.05, 4.69) is 39.1 Å². The highest BCUT2D eigenvalue weighted by Gasteiger charge is 2.59. The van der Waals surface area contributed by atoms with Crippen molar-refractivity contribution in [3.8, 4) is 17.2 Å². The summed E-state index contributed by atoms with van der Waals surface area (Å²) in [5.74, 6) is 2.85. The molecule has 182 valence electrons. The number of amides is 3. The van der Waals surface area contributed by atoms with Crippen molar-refractivity contribution in [3.63, 3.8) is 0 Å². The monoisotopic (exact) mass is 482 g/mol. The maximum Gasteiger partial charge on any atom is 0.315 e. The Bertz CT molecular complexity index is 1390. The van der Waals surface area contributed by atoms with Crippen molar-refractivity contribution in [1.82, 2.24) is 15.6 Å². The standard InChI is InChI=1S/C28H26N4O4/c33-23-11-9-18-22(12-13-29-27(18)31-23)35-16-8-10-21-19(14-16)24-25(26(24)36-21)32-28(34)30-20-7-3-5-15-4-1-2-6-17(15)20/h1-2,4,6,8,10,12-14,20,24-26H,3,5,7,9,11H2,(H,29,31,33)(H2,30,32,34)/t20-,24+,25+,26?/m1/s1. The van der Waals surface area contributed by atoms with Gasteiger partial charge in [-0.05, 0) is 61.1 Å². The number of hydrogen-bond acceptors (Lipinski definition) is 5. The van der Waals surface area contributed by atoms with Crippen LogP contribution in [0.1, 0.15) is 53.5 Å². The van der Waals surface area contributed by atoms with Crippen molar-refractivity contribution in [2.24, 2.45) is 0 Å². The second kappa shape index (κ2) is 8.26. The summed E-state index contributed by atoms with van der Waals surface area (Å²) in [6.45, 7) is 0. The number of urea groups is 1. The molecule has 0 bridgehead atoms. The van der Waals surface area contributed by atoms with Gasteiger partial charge in [0.05, 0.1) is 18.0 Å². The molecule has 2 aliphatic carbocycles. The van der Waals surface area contributed by atoms with E-state index in [9.17, 15) is 9.59 Å². The van der Waals surface area contributed by atoms with Crippen LogP contribution in [-0.2, 0) is 17.6 Å². The number of fused-ring (bicyclic) bond motifs is 5. The molecule has 1 aromatic heterocycles. The van der Waals surface area contributed by atoms with Gasteiger partial charge >= 0.3 is 6.03 Å². The lowest BCUT2D eigenvalue weighted by molar-refractivity contribution is -0.116. The summed E-state index contributed by atoms with van der Waals surface area (Å²) < 4.78 is 12.3. The minimum absolute atomic E-state index is 0.0307. The summed E-state index contributed by atoms with van der Waals surface area (Å²) in [5, 5.41) is 9.10. The molecule has 0 radical (unpaired) electrons. The van der Waals surface area contributed by atoms with Crippen LogP contribution in [0.2, 0.25) is 0 Å². The van der Waals surface area contributed by atoms with Crippen molar-refractivity contribution in [2.75, 3.05) is 5.32 Å². The SMILES string of the molecule is O=C1CCc2c(Oc3ccc4c(c3)[C@@H]3C(O4)[C@H]3NC(=O)N[C@@H]3CCCc4ccccc43)ccnc2N1. The van der Waals surface area contributed by atoms with E-state index in [1.54, 1.807) is 6.20 Å². The maximum absolute atomic E-state index is 12.8. The lowest BCUT2D eigenvalue weighted by Gasteiger charge is -2.26. The van der Waals surface area contributed by atoms with Crippen LogP contribution in [0.5, 0.6) is 17.2 Å². The Hall–Kier alpha value is -4.07. The first-order valence-corrected chi connectivity index (χ1v) is 12.5. The molecule has 4 aliphatic rings. The van der Waals surface area contributed by atoms with Gasteiger partial charge in [0.1, 0.15) is 29.2 Å². The number of anilines is 1. The number of aromatic nitrogens is 1. The molecule has 2 aromatic carbocycles. The zero-order chi connectivity index (χ0) is 24.2. The molecule has 4 atom stereocenters. The van der Waals surface area contributed by atoms with Crippen molar-refractivity contribution < 1.29 is 19.1 Å². The normalized spacial score (nSPS) is 24.7. The lowest BCUT2D eigenvalue weighted by Crippen LogP contribution is -2.41. The van der Waals surface area contributed by atoms with Crippen LogP contribution in [0, 0.1) is 0 Å². The van der Waals surface area contributed by atoms with Gasteiger partial charge in [-0.25, -0.2) is 9.78 Å². The molecule has 2 aliphatic heterocycles. The van der Waals surface area contributed by atoms with Crippen LogP contribution in [0.4, 0.5) is 10.6 Å². The summed E-state index contributed by atoms with van der Waals surface area (Å²) in [5.41, 5.74) is 4.48. The molecular formula is C28H26N4O4. The Labute approximate surface area is 208 Å². The number of hydrogen-bond donors (Lipinski definition) is 3. The third kappa shape index (κ3) is 3.64. The van der Waals surface area contributed by atoms with E-state index >= 15 is 0 Å². The van der Waals surface area contributed by atoms with Gasteiger partial charge in [-0.1, -0.05) is 24.3 Å². The van der Waals surface area contributed by atoms with E-state index in [-0.39, 0.29) is 36.0 Å². The second-order valence-corrected chi connectivity index (χ2v) is 9.88. The Morgan fingerprint density at radius 3 is 2.92 bits per heavy atom. The average Bonchev–Trinajstić information content (AvgIpc) is 3.40. The Morgan fingerprint density at radius 1 is 1.06 bits per heavy atom. The minimum atomic E-state index is -0.154.